The predicted octanol–water partition coefficient (Wildman–Crippen LogP) is 3.19. The highest BCUT2D eigenvalue weighted by Crippen LogP contribution is 2.35. The normalized spacial score (nSPS) is 31.7. The fourth-order valence-electron chi connectivity index (χ4n) is 2.16. The number of nitriles is 1. The molecule has 0 radical (unpaired) electrons. The van der Waals surface area contributed by atoms with Gasteiger partial charge in [-0.3, -0.25) is 0 Å². The molecule has 1 aliphatic heterocycles. The SMILES string of the molecule is CN1CCCC1=CC1(C#N)C=CC(Cl)=CC1. The van der Waals surface area contributed by atoms with Crippen molar-refractivity contribution in [2.24, 2.45) is 5.41 Å². The molecule has 0 amide bonds. The second kappa shape index (κ2) is 4.35. The van der Waals surface area contributed by atoms with Crippen LogP contribution < -0.4 is 0 Å². The van der Waals surface area contributed by atoms with Crippen LogP contribution in [0.3, 0.4) is 0 Å². The fourth-order valence-corrected chi connectivity index (χ4v) is 2.30. The Balaban J connectivity index is 2.25. The van der Waals surface area contributed by atoms with Gasteiger partial charge in [0.05, 0.1) is 11.5 Å². The maximum atomic E-state index is 9.34. The van der Waals surface area contributed by atoms with Gasteiger partial charge in [0, 0.05) is 24.3 Å². The van der Waals surface area contributed by atoms with Crippen molar-refractivity contribution in [3.05, 3.63) is 35.0 Å². The molecule has 1 saturated heterocycles. The Morgan fingerprint density at radius 3 is 2.94 bits per heavy atom. The Hall–Kier alpha value is -1.20. The van der Waals surface area contributed by atoms with Crippen molar-refractivity contribution in [2.45, 2.75) is 19.3 Å². The fraction of sp³-hybridized carbons (Fsp3) is 0.462. The lowest BCUT2D eigenvalue weighted by atomic mass is 9.82. The van der Waals surface area contributed by atoms with Crippen LogP contribution in [0.2, 0.25) is 0 Å². The molecule has 2 aliphatic rings. The smallest absolute Gasteiger partial charge is 0.0991 e. The lowest BCUT2D eigenvalue weighted by Crippen LogP contribution is -2.18. The maximum Gasteiger partial charge on any atom is 0.0991 e. The number of nitrogens with zero attached hydrogens (tertiary/aromatic N) is 2. The molecular weight excluding hydrogens is 220 g/mol. The van der Waals surface area contributed by atoms with E-state index in [1.165, 1.54) is 12.1 Å². The third-order valence-electron chi connectivity index (χ3n) is 3.22. The van der Waals surface area contributed by atoms with Gasteiger partial charge < -0.3 is 4.90 Å². The highest BCUT2D eigenvalue weighted by molar-refractivity contribution is 6.31. The van der Waals surface area contributed by atoms with E-state index in [0.717, 1.165) is 18.0 Å². The van der Waals surface area contributed by atoms with Gasteiger partial charge in [0.15, 0.2) is 0 Å². The first-order valence-electron chi connectivity index (χ1n) is 5.54. The summed E-state index contributed by atoms with van der Waals surface area (Å²) < 4.78 is 0. The Labute approximate surface area is 101 Å². The molecule has 1 unspecified atom stereocenters. The summed E-state index contributed by atoms with van der Waals surface area (Å²) in [5, 5.41) is 10.1. The van der Waals surface area contributed by atoms with Crippen LogP contribution in [0, 0.1) is 16.7 Å². The Morgan fingerprint density at radius 1 is 1.62 bits per heavy atom. The zero-order chi connectivity index (χ0) is 11.6. The largest absolute Gasteiger partial charge is 0.378 e. The minimum atomic E-state index is -0.494. The van der Waals surface area contributed by atoms with E-state index in [9.17, 15) is 5.26 Å². The van der Waals surface area contributed by atoms with Crippen molar-refractivity contribution in [3.63, 3.8) is 0 Å². The van der Waals surface area contributed by atoms with E-state index in [2.05, 4.69) is 24.1 Å². The number of allylic oxidation sites excluding steroid dienone is 6. The molecular formula is C13H15ClN2. The third-order valence-corrected chi connectivity index (χ3v) is 3.50. The van der Waals surface area contributed by atoms with Crippen molar-refractivity contribution in [2.75, 3.05) is 13.6 Å². The first kappa shape index (κ1) is 11.3. The van der Waals surface area contributed by atoms with E-state index in [1.807, 2.05) is 18.2 Å². The Bertz CT molecular complexity index is 414. The Morgan fingerprint density at radius 2 is 2.44 bits per heavy atom. The summed E-state index contributed by atoms with van der Waals surface area (Å²) in [6, 6.07) is 2.39. The van der Waals surface area contributed by atoms with Crippen LogP contribution in [-0.4, -0.2) is 18.5 Å². The number of halogens is 1. The molecule has 0 aromatic rings. The van der Waals surface area contributed by atoms with E-state index in [-0.39, 0.29) is 0 Å². The lowest BCUT2D eigenvalue weighted by molar-refractivity contribution is 0.470. The number of hydrogen-bond acceptors (Lipinski definition) is 2. The highest BCUT2D eigenvalue weighted by Gasteiger charge is 2.28. The average molecular weight is 235 g/mol. The monoisotopic (exact) mass is 234 g/mol. The van der Waals surface area contributed by atoms with Gasteiger partial charge in [0.2, 0.25) is 0 Å². The van der Waals surface area contributed by atoms with Crippen molar-refractivity contribution in [1.29, 1.82) is 5.26 Å². The highest BCUT2D eigenvalue weighted by atomic mass is 35.5. The zero-order valence-corrected chi connectivity index (χ0v) is 10.2. The average Bonchev–Trinajstić information content (AvgIpc) is 2.68. The summed E-state index contributed by atoms with van der Waals surface area (Å²) >= 11 is 5.88. The second-order valence-electron chi connectivity index (χ2n) is 4.44. The van der Waals surface area contributed by atoms with Gasteiger partial charge >= 0.3 is 0 Å². The summed E-state index contributed by atoms with van der Waals surface area (Å²) in [6.45, 7) is 1.09. The summed E-state index contributed by atoms with van der Waals surface area (Å²) in [7, 11) is 2.08. The first-order valence-corrected chi connectivity index (χ1v) is 5.92. The van der Waals surface area contributed by atoms with Gasteiger partial charge in [0.1, 0.15) is 0 Å². The number of rotatable bonds is 1. The minimum absolute atomic E-state index is 0.494. The summed E-state index contributed by atoms with van der Waals surface area (Å²) in [4.78, 5) is 2.23. The molecule has 0 spiro atoms. The van der Waals surface area contributed by atoms with E-state index in [4.69, 9.17) is 11.6 Å². The third kappa shape index (κ3) is 2.15. The van der Waals surface area contributed by atoms with E-state index in [0.29, 0.717) is 6.42 Å². The zero-order valence-electron chi connectivity index (χ0n) is 9.41. The van der Waals surface area contributed by atoms with Gasteiger partial charge in [-0.25, -0.2) is 0 Å². The van der Waals surface area contributed by atoms with Crippen molar-refractivity contribution < 1.29 is 0 Å². The van der Waals surface area contributed by atoms with Crippen LogP contribution in [0.15, 0.2) is 35.0 Å². The van der Waals surface area contributed by atoms with E-state index in [1.54, 1.807) is 0 Å². The maximum absolute atomic E-state index is 9.34. The molecule has 1 heterocycles. The molecule has 1 fully saturated rings. The van der Waals surface area contributed by atoms with Gasteiger partial charge in [-0.15, -0.1) is 0 Å². The van der Waals surface area contributed by atoms with Crippen LogP contribution in [0.4, 0.5) is 0 Å². The van der Waals surface area contributed by atoms with Crippen molar-refractivity contribution >= 4 is 11.6 Å². The molecule has 2 rings (SSSR count). The summed E-state index contributed by atoms with van der Waals surface area (Å²) in [5.41, 5.74) is 0.782. The van der Waals surface area contributed by atoms with Crippen LogP contribution >= 0.6 is 11.6 Å². The Kier molecular flexibility index (Phi) is 3.07. The van der Waals surface area contributed by atoms with Crippen LogP contribution in [-0.2, 0) is 0 Å². The van der Waals surface area contributed by atoms with Crippen molar-refractivity contribution in [1.82, 2.24) is 4.90 Å². The molecule has 0 saturated carbocycles. The molecule has 0 aromatic carbocycles. The topological polar surface area (TPSA) is 27.0 Å². The second-order valence-corrected chi connectivity index (χ2v) is 4.88. The molecule has 2 nitrogen and oxygen atoms in total. The van der Waals surface area contributed by atoms with Crippen LogP contribution in [0.1, 0.15) is 19.3 Å². The predicted molar refractivity (Wildman–Crippen MR) is 65.7 cm³/mol. The molecule has 0 bridgehead atoms. The van der Waals surface area contributed by atoms with E-state index < -0.39 is 5.41 Å². The first-order chi connectivity index (χ1) is 7.65. The van der Waals surface area contributed by atoms with Crippen molar-refractivity contribution in [3.8, 4) is 6.07 Å². The summed E-state index contributed by atoms with van der Waals surface area (Å²) in [6.07, 6.45) is 10.7. The van der Waals surface area contributed by atoms with Gasteiger partial charge in [-0.1, -0.05) is 23.8 Å². The summed E-state index contributed by atoms with van der Waals surface area (Å²) in [5.74, 6) is 0. The molecule has 0 N–H and O–H groups in total. The molecule has 0 aromatic heterocycles. The number of likely N-dealkylation sites (tertiary alicyclic amines) is 1. The van der Waals surface area contributed by atoms with Gasteiger partial charge in [0.25, 0.3) is 0 Å². The standard InChI is InChI=1S/C13H15ClN2/c1-16-8-2-3-12(16)9-13(10-15)6-4-11(14)5-7-13/h4-6,9H,2-3,7-8H2,1H3. The van der Waals surface area contributed by atoms with Crippen LogP contribution in [0.5, 0.6) is 0 Å². The molecule has 84 valence electrons. The molecule has 1 aliphatic carbocycles. The lowest BCUT2D eigenvalue weighted by Gasteiger charge is -2.23. The molecule has 1 atom stereocenters. The van der Waals surface area contributed by atoms with Gasteiger partial charge in [-0.05, 0) is 31.4 Å². The molecule has 3 heteroatoms. The number of hydrogen-bond donors (Lipinski definition) is 0. The quantitative estimate of drug-likeness (QED) is 0.697. The molecule has 16 heavy (non-hydrogen) atoms. The van der Waals surface area contributed by atoms with Gasteiger partial charge in [-0.2, -0.15) is 5.26 Å². The minimum Gasteiger partial charge on any atom is -0.378 e. The van der Waals surface area contributed by atoms with E-state index >= 15 is 0 Å². The van der Waals surface area contributed by atoms with Crippen LogP contribution in [0.25, 0.3) is 0 Å².